The number of Topliss-reactive ketones (excluding diaryl/α,β-unsaturated/α-hetero) is 1. The van der Waals surface area contributed by atoms with Crippen LogP contribution in [0.3, 0.4) is 0 Å². The van der Waals surface area contributed by atoms with Crippen LogP contribution in [0.2, 0.25) is 0 Å². The van der Waals surface area contributed by atoms with Gasteiger partial charge in [-0.1, -0.05) is 0 Å². The van der Waals surface area contributed by atoms with E-state index in [1.807, 2.05) is 0 Å². The van der Waals surface area contributed by atoms with Gasteiger partial charge in [0.1, 0.15) is 0 Å². The minimum absolute atomic E-state index is 0.0243. The number of alkyl halides is 4. The highest BCUT2D eigenvalue weighted by Gasteiger charge is 2.32. The zero-order chi connectivity index (χ0) is 14.7. The van der Waals surface area contributed by atoms with Crippen LogP contribution in [0, 0.1) is 0 Å². The second kappa shape index (κ2) is 6.15. The number of allylic oxidation sites excluding steroid dienone is 4. The molecule has 106 valence electrons. The highest BCUT2D eigenvalue weighted by atomic mass is 127. The predicted molar refractivity (Wildman–Crippen MR) is 69.6 cm³/mol. The predicted octanol–water partition coefficient (Wildman–Crippen LogP) is 3.84. The number of ketones is 2. The first-order valence-corrected chi connectivity index (χ1v) is 6.58. The smallest absolute Gasteiger partial charge is 0.268 e. The van der Waals surface area contributed by atoms with Crippen LogP contribution in [0.5, 0.6) is 0 Å². The zero-order valence-electron chi connectivity index (χ0n) is 9.77. The van der Waals surface area contributed by atoms with E-state index in [9.17, 15) is 27.2 Å². The Balaban J connectivity index is 0.000000191. The molecule has 0 saturated carbocycles. The second-order valence-corrected chi connectivity index (χ2v) is 5.40. The summed E-state index contributed by atoms with van der Waals surface area (Å²) in [5, 5.41) is 0. The number of hydrogen-bond donors (Lipinski definition) is 0. The summed E-state index contributed by atoms with van der Waals surface area (Å²) in [5.74, 6) is -5.88. The first-order chi connectivity index (χ1) is 8.61. The number of carbonyl (C=O) groups is 2. The van der Waals surface area contributed by atoms with Gasteiger partial charge in [0.15, 0.2) is 11.6 Å². The third-order valence-electron chi connectivity index (χ3n) is 2.51. The van der Waals surface area contributed by atoms with Gasteiger partial charge in [-0.15, -0.1) is 0 Å². The van der Waals surface area contributed by atoms with Crippen molar-refractivity contribution in [2.75, 3.05) is 0 Å². The number of rotatable bonds is 0. The monoisotopic (exact) mass is 390 g/mol. The fraction of sp³-hybridized carbons (Fsp3) is 0.500. The maximum Gasteiger partial charge on any atom is 0.268 e. The largest absolute Gasteiger partial charge is 0.295 e. The van der Waals surface area contributed by atoms with Crippen LogP contribution in [-0.2, 0) is 9.59 Å². The minimum Gasteiger partial charge on any atom is -0.295 e. The van der Waals surface area contributed by atoms with Gasteiger partial charge in [0.05, 0.1) is 3.58 Å². The Morgan fingerprint density at radius 3 is 1.95 bits per heavy atom. The molecule has 19 heavy (non-hydrogen) atoms. The third-order valence-corrected chi connectivity index (χ3v) is 3.42. The number of hydrogen-bond acceptors (Lipinski definition) is 2. The van der Waals surface area contributed by atoms with Crippen LogP contribution in [0.1, 0.15) is 25.7 Å². The SMILES string of the molecule is O=C1C=CC(F)(F)CC1.O=C1CCC(F)(F)C=C1I. The van der Waals surface area contributed by atoms with Gasteiger partial charge in [0, 0.05) is 31.8 Å². The molecule has 0 aromatic rings. The lowest BCUT2D eigenvalue weighted by Gasteiger charge is -2.16. The zero-order valence-corrected chi connectivity index (χ0v) is 11.9. The summed E-state index contributed by atoms with van der Waals surface area (Å²) in [4.78, 5) is 21.0. The van der Waals surface area contributed by atoms with Crippen molar-refractivity contribution in [3.63, 3.8) is 0 Å². The normalized spacial score (nSPS) is 24.4. The molecule has 2 aliphatic rings. The van der Waals surface area contributed by atoms with Crippen LogP contribution in [0.15, 0.2) is 21.8 Å². The molecular formula is C12H11F4IO2. The van der Waals surface area contributed by atoms with E-state index in [0.717, 1.165) is 12.2 Å². The third kappa shape index (κ3) is 5.84. The molecule has 0 aliphatic heterocycles. The highest BCUT2D eigenvalue weighted by molar-refractivity contribution is 14.1. The molecule has 0 heterocycles. The lowest BCUT2D eigenvalue weighted by molar-refractivity contribution is -0.117. The standard InChI is InChI=1S/C6H5F2IO.C6H6F2O/c7-6(8)2-1-5(10)4(9)3-6;7-6(8)3-1-5(9)2-4-6/h3H,1-2H2;1,3H,2,4H2. The minimum atomic E-state index is -2.76. The van der Waals surface area contributed by atoms with Gasteiger partial charge in [-0.2, -0.15) is 0 Å². The summed E-state index contributed by atoms with van der Waals surface area (Å²) in [6.07, 6.45) is 1.63. The Labute approximate surface area is 121 Å². The van der Waals surface area contributed by atoms with Crippen molar-refractivity contribution in [2.45, 2.75) is 37.5 Å². The molecule has 7 heteroatoms. The van der Waals surface area contributed by atoms with E-state index in [-0.39, 0.29) is 40.8 Å². The van der Waals surface area contributed by atoms with Gasteiger partial charge >= 0.3 is 0 Å². The van der Waals surface area contributed by atoms with Crippen LogP contribution in [0.4, 0.5) is 17.6 Å². The van der Waals surface area contributed by atoms with Crippen molar-refractivity contribution in [1.82, 2.24) is 0 Å². The summed E-state index contributed by atoms with van der Waals surface area (Å²) in [7, 11) is 0. The molecule has 0 unspecified atom stereocenters. The molecule has 0 fully saturated rings. The Morgan fingerprint density at radius 2 is 1.58 bits per heavy atom. The summed E-state index contributed by atoms with van der Waals surface area (Å²) >= 11 is 1.64. The summed E-state index contributed by atoms with van der Waals surface area (Å²) < 4.78 is 49.2. The van der Waals surface area contributed by atoms with Crippen molar-refractivity contribution < 1.29 is 27.2 Å². The average molecular weight is 390 g/mol. The van der Waals surface area contributed by atoms with Crippen LogP contribution in [-0.4, -0.2) is 23.4 Å². The fourth-order valence-electron chi connectivity index (χ4n) is 1.41. The summed E-state index contributed by atoms with van der Waals surface area (Å²) in [6, 6.07) is 0. The first-order valence-electron chi connectivity index (χ1n) is 5.51. The Kier molecular flexibility index (Phi) is 5.28. The highest BCUT2D eigenvalue weighted by Crippen LogP contribution is 2.31. The van der Waals surface area contributed by atoms with Crippen molar-refractivity contribution in [3.8, 4) is 0 Å². The maximum absolute atomic E-state index is 12.4. The van der Waals surface area contributed by atoms with Gasteiger partial charge in [0.25, 0.3) is 11.8 Å². The molecule has 0 spiro atoms. The van der Waals surface area contributed by atoms with E-state index in [0.29, 0.717) is 6.08 Å². The van der Waals surface area contributed by atoms with Crippen molar-refractivity contribution in [3.05, 3.63) is 21.8 Å². The fourth-order valence-corrected chi connectivity index (χ4v) is 2.13. The number of carbonyl (C=O) groups excluding carboxylic acids is 2. The van der Waals surface area contributed by atoms with Crippen LogP contribution < -0.4 is 0 Å². The lowest BCUT2D eigenvalue weighted by Crippen LogP contribution is -2.20. The molecule has 0 amide bonds. The Morgan fingerprint density at radius 1 is 1.00 bits per heavy atom. The lowest BCUT2D eigenvalue weighted by atomic mass is 10.0. The van der Waals surface area contributed by atoms with Crippen molar-refractivity contribution >= 4 is 34.2 Å². The van der Waals surface area contributed by atoms with Gasteiger partial charge in [-0.3, -0.25) is 9.59 Å². The molecule has 0 N–H and O–H groups in total. The molecule has 0 bridgehead atoms. The van der Waals surface area contributed by atoms with Crippen molar-refractivity contribution in [1.29, 1.82) is 0 Å². The van der Waals surface area contributed by atoms with E-state index >= 15 is 0 Å². The molecule has 0 aromatic carbocycles. The van der Waals surface area contributed by atoms with Gasteiger partial charge in [-0.25, -0.2) is 17.6 Å². The second-order valence-electron chi connectivity index (χ2n) is 4.24. The van der Waals surface area contributed by atoms with Crippen molar-refractivity contribution in [2.24, 2.45) is 0 Å². The summed E-state index contributed by atoms with van der Waals surface area (Å²) in [6.45, 7) is 0. The van der Waals surface area contributed by atoms with Gasteiger partial charge < -0.3 is 0 Å². The maximum atomic E-state index is 12.4. The van der Waals surface area contributed by atoms with Gasteiger partial charge in [0.2, 0.25) is 0 Å². The van der Waals surface area contributed by atoms with E-state index < -0.39 is 11.8 Å². The van der Waals surface area contributed by atoms with Crippen LogP contribution in [0.25, 0.3) is 0 Å². The average Bonchev–Trinajstić information content (AvgIpc) is 2.29. The first kappa shape index (κ1) is 16.3. The molecule has 0 saturated heterocycles. The molecular weight excluding hydrogens is 379 g/mol. The topological polar surface area (TPSA) is 34.1 Å². The summed E-state index contributed by atoms with van der Waals surface area (Å²) in [5.41, 5.74) is 0. The Bertz CT molecular complexity index is 441. The van der Waals surface area contributed by atoms with Gasteiger partial charge in [-0.05, 0) is 34.7 Å². The number of halogens is 5. The van der Waals surface area contributed by atoms with Crippen LogP contribution >= 0.6 is 22.6 Å². The Hall–Kier alpha value is -0.730. The molecule has 2 rings (SSSR count). The van der Waals surface area contributed by atoms with E-state index in [4.69, 9.17) is 0 Å². The quantitative estimate of drug-likeness (QED) is 0.465. The van der Waals surface area contributed by atoms with E-state index in [1.165, 1.54) is 0 Å². The molecule has 0 radical (unpaired) electrons. The molecule has 2 aliphatic carbocycles. The molecule has 0 aromatic heterocycles. The van der Waals surface area contributed by atoms with E-state index in [2.05, 4.69) is 0 Å². The molecule has 0 atom stereocenters. The molecule has 2 nitrogen and oxygen atoms in total. The van der Waals surface area contributed by atoms with E-state index in [1.54, 1.807) is 22.6 Å².